The SMILES string of the molecule is C=C(/C=C\C)[C@@H]1Oc2ccc(O)cc2C(C)=C1c1ccc(C#N)c(OC)c1. The van der Waals surface area contributed by atoms with E-state index in [1.54, 1.807) is 31.4 Å². The van der Waals surface area contributed by atoms with E-state index in [1.165, 1.54) is 0 Å². The van der Waals surface area contributed by atoms with Gasteiger partial charge in [-0.05, 0) is 60.9 Å². The Morgan fingerprint density at radius 2 is 2.07 bits per heavy atom. The molecule has 136 valence electrons. The van der Waals surface area contributed by atoms with Crippen molar-refractivity contribution in [1.82, 2.24) is 0 Å². The molecule has 4 nitrogen and oxygen atoms in total. The molecule has 1 aliphatic heterocycles. The van der Waals surface area contributed by atoms with E-state index in [1.807, 2.05) is 38.1 Å². The van der Waals surface area contributed by atoms with Crippen LogP contribution in [0.15, 0.2) is 60.7 Å². The third-order valence-electron chi connectivity index (χ3n) is 4.63. The van der Waals surface area contributed by atoms with Crippen LogP contribution in [-0.4, -0.2) is 18.3 Å². The Balaban J connectivity index is 2.25. The summed E-state index contributed by atoms with van der Waals surface area (Å²) in [6.45, 7) is 8.09. The predicted octanol–water partition coefficient (Wildman–Crippen LogP) is 5.10. The molecule has 0 unspecified atom stereocenters. The third kappa shape index (κ3) is 3.32. The van der Waals surface area contributed by atoms with E-state index in [4.69, 9.17) is 9.47 Å². The van der Waals surface area contributed by atoms with Crippen LogP contribution >= 0.6 is 0 Å². The summed E-state index contributed by atoms with van der Waals surface area (Å²) < 4.78 is 11.6. The molecule has 1 N–H and O–H groups in total. The van der Waals surface area contributed by atoms with Crippen molar-refractivity contribution >= 4 is 11.1 Å². The van der Waals surface area contributed by atoms with Gasteiger partial charge in [-0.1, -0.05) is 24.8 Å². The fourth-order valence-corrected chi connectivity index (χ4v) is 3.32. The van der Waals surface area contributed by atoms with Crippen molar-refractivity contribution in [2.75, 3.05) is 7.11 Å². The van der Waals surface area contributed by atoms with Crippen LogP contribution in [0.5, 0.6) is 17.2 Å². The van der Waals surface area contributed by atoms with Gasteiger partial charge < -0.3 is 14.6 Å². The van der Waals surface area contributed by atoms with Crippen molar-refractivity contribution in [2.45, 2.75) is 20.0 Å². The van der Waals surface area contributed by atoms with Gasteiger partial charge in [0.15, 0.2) is 0 Å². The number of rotatable bonds is 4. The second kappa shape index (κ2) is 7.43. The summed E-state index contributed by atoms with van der Waals surface area (Å²) in [5.74, 6) is 1.39. The maximum atomic E-state index is 9.91. The fraction of sp³-hybridized carbons (Fsp3) is 0.174. The van der Waals surface area contributed by atoms with E-state index in [9.17, 15) is 10.4 Å². The zero-order chi connectivity index (χ0) is 19.6. The Morgan fingerprint density at radius 3 is 2.74 bits per heavy atom. The zero-order valence-corrected chi connectivity index (χ0v) is 15.6. The van der Waals surface area contributed by atoms with E-state index in [0.29, 0.717) is 17.1 Å². The van der Waals surface area contributed by atoms with Crippen LogP contribution in [0.25, 0.3) is 11.1 Å². The molecule has 0 aliphatic carbocycles. The predicted molar refractivity (Wildman–Crippen MR) is 107 cm³/mol. The molecule has 0 amide bonds. The highest BCUT2D eigenvalue weighted by Gasteiger charge is 2.29. The molecule has 1 heterocycles. The highest BCUT2D eigenvalue weighted by atomic mass is 16.5. The maximum absolute atomic E-state index is 9.91. The third-order valence-corrected chi connectivity index (χ3v) is 4.63. The van der Waals surface area contributed by atoms with Crippen LogP contribution in [0.3, 0.4) is 0 Å². The largest absolute Gasteiger partial charge is 0.508 e. The number of aromatic hydroxyl groups is 1. The molecule has 0 radical (unpaired) electrons. The number of ether oxygens (including phenoxy) is 2. The number of hydrogen-bond donors (Lipinski definition) is 1. The standard InChI is InChI=1S/C23H21NO3/c1-5-6-14(2)23-22(16-7-8-17(13-24)21(11-16)26-4)15(3)19-12-18(25)9-10-20(19)27-23/h5-12,23,25H,2H2,1,3-4H3/b6-5-/t23-/m0/s1. The Kier molecular flexibility index (Phi) is 5.05. The number of phenols is 1. The first kappa shape index (κ1) is 18.3. The first-order valence-electron chi connectivity index (χ1n) is 8.61. The zero-order valence-electron chi connectivity index (χ0n) is 15.6. The minimum Gasteiger partial charge on any atom is -0.508 e. The van der Waals surface area contributed by atoms with Gasteiger partial charge in [0, 0.05) is 11.1 Å². The lowest BCUT2D eigenvalue weighted by molar-refractivity contribution is 0.291. The molecule has 1 atom stereocenters. The van der Waals surface area contributed by atoms with Gasteiger partial charge in [0.25, 0.3) is 0 Å². The first-order chi connectivity index (χ1) is 13.0. The van der Waals surface area contributed by atoms with Crippen LogP contribution < -0.4 is 9.47 Å². The molecule has 0 saturated heterocycles. The van der Waals surface area contributed by atoms with Gasteiger partial charge in [-0.15, -0.1) is 0 Å². The minimum absolute atomic E-state index is 0.180. The van der Waals surface area contributed by atoms with Crippen LogP contribution in [0.1, 0.15) is 30.5 Å². The normalized spacial score (nSPS) is 15.9. The Bertz CT molecular complexity index is 1010. The molecule has 2 aromatic rings. The second-order valence-electron chi connectivity index (χ2n) is 6.32. The summed E-state index contributed by atoms with van der Waals surface area (Å²) in [5, 5.41) is 19.2. The summed E-state index contributed by atoms with van der Waals surface area (Å²) in [4.78, 5) is 0. The quantitative estimate of drug-likeness (QED) is 0.772. The molecular formula is C23H21NO3. The summed E-state index contributed by atoms with van der Waals surface area (Å²) >= 11 is 0. The number of nitriles is 1. The lowest BCUT2D eigenvalue weighted by Crippen LogP contribution is -2.25. The highest BCUT2D eigenvalue weighted by molar-refractivity contribution is 5.97. The van der Waals surface area contributed by atoms with E-state index in [-0.39, 0.29) is 11.9 Å². The van der Waals surface area contributed by atoms with Crippen LogP contribution in [0.2, 0.25) is 0 Å². The van der Waals surface area contributed by atoms with Crippen LogP contribution in [0.4, 0.5) is 0 Å². The van der Waals surface area contributed by atoms with Gasteiger partial charge in [-0.2, -0.15) is 5.26 Å². The van der Waals surface area contributed by atoms with E-state index >= 15 is 0 Å². The fourth-order valence-electron chi connectivity index (χ4n) is 3.32. The molecule has 4 heteroatoms. The summed E-state index contributed by atoms with van der Waals surface area (Å²) in [6.07, 6.45) is 3.46. The maximum Gasteiger partial charge on any atom is 0.149 e. The van der Waals surface area contributed by atoms with Crippen molar-refractivity contribution in [3.8, 4) is 23.3 Å². The summed E-state index contributed by atoms with van der Waals surface area (Å²) in [6, 6.07) is 12.7. The van der Waals surface area contributed by atoms with Crippen molar-refractivity contribution in [3.05, 3.63) is 77.4 Å². The van der Waals surface area contributed by atoms with E-state index < -0.39 is 0 Å². The topological polar surface area (TPSA) is 62.5 Å². The van der Waals surface area contributed by atoms with E-state index in [2.05, 4.69) is 12.6 Å². The molecule has 2 aromatic carbocycles. The van der Waals surface area contributed by atoms with Gasteiger partial charge in [-0.25, -0.2) is 0 Å². The molecule has 0 saturated carbocycles. The van der Waals surface area contributed by atoms with Crippen LogP contribution in [0, 0.1) is 11.3 Å². The van der Waals surface area contributed by atoms with Gasteiger partial charge in [0.05, 0.1) is 12.7 Å². The average Bonchev–Trinajstić information content (AvgIpc) is 2.68. The molecule has 0 fully saturated rings. The lowest BCUT2D eigenvalue weighted by atomic mass is 9.86. The summed E-state index contributed by atoms with van der Waals surface area (Å²) in [7, 11) is 1.54. The van der Waals surface area contributed by atoms with Crippen molar-refractivity contribution in [2.24, 2.45) is 0 Å². The minimum atomic E-state index is -0.379. The molecular weight excluding hydrogens is 338 g/mol. The van der Waals surface area contributed by atoms with Gasteiger partial charge in [-0.3, -0.25) is 0 Å². The molecule has 0 bridgehead atoms. The van der Waals surface area contributed by atoms with Crippen molar-refractivity contribution < 1.29 is 14.6 Å². The Hall–Kier alpha value is -3.45. The first-order valence-corrected chi connectivity index (χ1v) is 8.61. The monoisotopic (exact) mass is 359 g/mol. The number of nitrogens with zero attached hydrogens (tertiary/aromatic N) is 1. The number of allylic oxidation sites excluding steroid dienone is 2. The van der Waals surface area contributed by atoms with Crippen molar-refractivity contribution in [1.29, 1.82) is 5.26 Å². The molecule has 3 rings (SSSR count). The van der Waals surface area contributed by atoms with Crippen LogP contribution in [-0.2, 0) is 0 Å². The smallest absolute Gasteiger partial charge is 0.149 e. The Labute approximate surface area is 159 Å². The molecule has 27 heavy (non-hydrogen) atoms. The second-order valence-corrected chi connectivity index (χ2v) is 6.32. The Morgan fingerprint density at radius 1 is 1.30 bits per heavy atom. The van der Waals surface area contributed by atoms with Gasteiger partial charge >= 0.3 is 0 Å². The number of methoxy groups -OCH3 is 1. The molecule has 0 spiro atoms. The van der Waals surface area contributed by atoms with E-state index in [0.717, 1.165) is 27.8 Å². The number of benzene rings is 2. The lowest BCUT2D eigenvalue weighted by Gasteiger charge is -2.31. The molecule has 0 aromatic heterocycles. The van der Waals surface area contributed by atoms with Crippen molar-refractivity contribution in [3.63, 3.8) is 0 Å². The summed E-state index contributed by atoms with van der Waals surface area (Å²) in [5.41, 5.74) is 4.91. The van der Waals surface area contributed by atoms with Gasteiger partial charge in [0.1, 0.15) is 29.4 Å². The average molecular weight is 359 g/mol. The number of phenolic OH excluding ortho intramolecular Hbond substituents is 1. The highest BCUT2D eigenvalue weighted by Crippen LogP contribution is 2.44. The van der Waals surface area contributed by atoms with Gasteiger partial charge in [0.2, 0.25) is 0 Å². The number of fused-ring (bicyclic) bond motifs is 1. The number of hydrogen-bond acceptors (Lipinski definition) is 4. The molecule has 1 aliphatic rings.